The van der Waals surface area contributed by atoms with Crippen molar-refractivity contribution in [2.45, 2.75) is 27.2 Å². The van der Waals surface area contributed by atoms with Crippen molar-refractivity contribution in [2.24, 2.45) is 11.1 Å². The third kappa shape index (κ3) is 3.21. The molecule has 1 heterocycles. The van der Waals surface area contributed by atoms with Crippen molar-refractivity contribution < 1.29 is 0 Å². The number of benzene rings is 1. The maximum absolute atomic E-state index is 5.87. The van der Waals surface area contributed by atoms with Crippen molar-refractivity contribution in [2.75, 3.05) is 31.1 Å². The lowest BCUT2D eigenvalue weighted by Gasteiger charge is -2.43. The summed E-state index contributed by atoms with van der Waals surface area (Å²) in [5.41, 5.74) is 12.0. The first kappa shape index (κ1) is 16.7. The standard InChI is InChI=1S/C21H29N3/c1-16-5-6-20(17(2)15-16)24-13-11-23(12-14-24)18(3)21(4)9-7-19(22)8-10-21/h5-9,15H,3,10-14,22H2,1-2,4H3. The van der Waals surface area contributed by atoms with Gasteiger partial charge >= 0.3 is 0 Å². The molecule has 1 aromatic carbocycles. The first-order chi connectivity index (χ1) is 11.4. The van der Waals surface area contributed by atoms with Crippen LogP contribution in [0.25, 0.3) is 0 Å². The monoisotopic (exact) mass is 323 g/mol. The number of rotatable bonds is 3. The fourth-order valence-electron chi connectivity index (χ4n) is 3.70. The van der Waals surface area contributed by atoms with Gasteiger partial charge in [0.15, 0.2) is 0 Å². The van der Waals surface area contributed by atoms with Crippen LogP contribution in [0.5, 0.6) is 0 Å². The molecule has 2 N–H and O–H groups in total. The molecule has 1 aliphatic carbocycles. The summed E-state index contributed by atoms with van der Waals surface area (Å²) in [5, 5.41) is 0. The van der Waals surface area contributed by atoms with Gasteiger partial charge in [0.05, 0.1) is 0 Å². The number of anilines is 1. The highest BCUT2D eigenvalue weighted by molar-refractivity contribution is 5.54. The normalized spacial score (nSPS) is 24.0. The molecule has 3 nitrogen and oxygen atoms in total. The van der Waals surface area contributed by atoms with Gasteiger partial charge in [-0.1, -0.05) is 43.4 Å². The van der Waals surface area contributed by atoms with Gasteiger partial charge in [-0.3, -0.25) is 0 Å². The molecular weight excluding hydrogens is 294 g/mol. The van der Waals surface area contributed by atoms with Gasteiger partial charge in [-0.05, 0) is 38.0 Å². The molecule has 0 radical (unpaired) electrons. The van der Waals surface area contributed by atoms with Crippen molar-refractivity contribution in [3.63, 3.8) is 0 Å². The fourth-order valence-corrected chi connectivity index (χ4v) is 3.70. The highest BCUT2D eigenvalue weighted by atomic mass is 15.3. The number of piperazine rings is 1. The Morgan fingerprint density at radius 3 is 2.46 bits per heavy atom. The number of nitrogens with two attached hydrogens (primary N) is 1. The fraction of sp³-hybridized carbons (Fsp3) is 0.429. The van der Waals surface area contributed by atoms with E-state index in [1.54, 1.807) is 0 Å². The van der Waals surface area contributed by atoms with E-state index in [1.165, 1.54) is 22.5 Å². The second kappa shape index (κ2) is 6.39. The van der Waals surface area contributed by atoms with Crippen LogP contribution >= 0.6 is 0 Å². The summed E-state index contributed by atoms with van der Waals surface area (Å²) < 4.78 is 0. The Bertz CT molecular complexity index is 693. The summed E-state index contributed by atoms with van der Waals surface area (Å²) in [6, 6.07) is 6.73. The van der Waals surface area contributed by atoms with Crippen LogP contribution < -0.4 is 10.6 Å². The van der Waals surface area contributed by atoms with Crippen molar-refractivity contribution in [1.29, 1.82) is 0 Å². The topological polar surface area (TPSA) is 32.5 Å². The van der Waals surface area contributed by atoms with Crippen molar-refractivity contribution in [3.05, 3.63) is 65.5 Å². The molecule has 1 unspecified atom stereocenters. The lowest BCUT2D eigenvalue weighted by atomic mass is 9.79. The molecule has 0 bridgehead atoms. The highest BCUT2D eigenvalue weighted by Crippen LogP contribution is 2.37. The summed E-state index contributed by atoms with van der Waals surface area (Å²) in [4.78, 5) is 4.94. The SMILES string of the molecule is C=C(N1CCN(c2ccc(C)cc2C)CC1)C1(C)C=CC(N)=CC1. The predicted octanol–water partition coefficient (Wildman–Crippen LogP) is 3.75. The molecule has 3 heteroatoms. The maximum Gasteiger partial charge on any atom is 0.0397 e. The summed E-state index contributed by atoms with van der Waals surface area (Å²) >= 11 is 0. The number of allylic oxidation sites excluding steroid dienone is 3. The van der Waals surface area contributed by atoms with E-state index in [4.69, 9.17) is 5.73 Å². The molecule has 0 aromatic heterocycles. The first-order valence-electron chi connectivity index (χ1n) is 8.80. The summed E-state index contributed by atoms with van der Waals surface area (Å²) in [5.74, 6) is 0. The summed E-state index contributed by atoms with van der Waals surface area (Å²) in [6.45, 7) is 15.2. The molecule has 1 aliphatic heterocycles. The van der Waals surface area contributed by atoms with E-state index in [9.17, 15) is 0 Å². The van der Waals surface area contributed by atoms with Crippen molar-refractivity contribution >= 4 is 5.69 Å². The molecule has 1 saturated heterocycles. The van der Waals surface area contributed by atoms with E-state index in [0.717, 1.165) is 38.3 Å². The van der Waals surface area contributed by atoms with E-state index < -0.39 is 0 Å². The molecule has 0 saturated carbocycles. The molecular formula is C21H29N3. The van der Waals surface area contributed by atoms with E-state index in [2.05, 4.69) is 67.5 Å². The molecule has 1 aromatic rings. The van der Waals surface area contributed by atoms with Crippen LogP contribution in [-0.4, -0.2) is 31.1 Å². The molecule has 24 heavy (non-hydrogen) atoms. The van der Waals surface area contributed by atoms with Crippen molar-refractivity contribution in [3.8, 4) is 0 Å². The lowest BCUT2D eigenvalue weighted by molar-refractivity contribution is 0.261. The summed E-state index contributed by atoms with van der Waals surface area (Å²) in [6.07, 6.45) is 7.27. The van der Waals surface area contributed by atoms with Crippen LogP contribution in [-0.2, 0) is 0 Å². The van der Waals surface area contributed by atoms with E-state index in [0.29, 0.717) is 0 Å². The lowest BCUT2D eigenvalue weighted by Crippen LogP contribution is -2.48. The van der Waals surface area contributed by atoms with Gasteiger partial charge in [0.25, 0.3) is 0 Å². The van der Waals surface area contributed by atoms with Gasteiger partial charge in [-0.25, -0.2) is 0 Å². The largest absolute Gasteiger partial charge is 0.399 e. The maximum atomic E-state index is 5.87. The van der Waals surface area contributed by atoms with Crippen LogP contribution in [0.15, 0.2) is 54.4 Å². The smallest absolute Gasteiger partial charge is 0.0397 e. The third-order valence-corrected chi connectivity index (χ3v) is 5.42. The minimum absolute atomic E-state index is 0.00911. The Balaban J connectivity index is 1.65. The molecule has 128 valence electrons. The first-order valence-corrected chi connectivity index (χ1v) is 8.80. The Hall–Kier alpha value is -2.16. The second-order valence-corrected chi connectivity index (χ2v) is 7.37. The number of hydrogen-bond acceptors (Lipinski definition) is 3. The number of hydrogen-bond donors (Lipinski definition) is 1. The predicted molar refractivity (Wildman–Crippen MR) is 103 cm³/mol. The van der Waals surface area contributed by atoms with E-state index in [-0.39, 0.29) is 5.41 Å². The van der Waals surface area contributed by atoms with Gasteiger partial charge in [0.1, 0.15) is 0 Å². The average Bonchev–Trinajstić information content (AvgIpc) is 2.57. The van der Waals surface area contributed by atoms with E-state index >= 15 is 0 Å². The van der Waals surface area contributed by atoms with E-state index in [1.807, 2.05) is 6.08 Å². The molecule has 3 rings (SSSR count). The van der Waals surface area contributed by atoms with Crippen LogP contribution in [0.4, 0.5) is 5.69 Å². The van der Waals surface area contributed by atoms with Gasteiger partial charge in [-0.15, -0.1) is 0 Å². The molecule has 0 amide bonds. The Kier molecular flexibility index (Phi) is 4.44. The highest BCUT2D eigenvalue weighted by Gasteiger charge is 2.31. The minimum atomic E-state index is -0.00911. The minimum Gasteiger partial charge on any atom is -0.399 e. The Morgan fingerprint density at radius 1 is 1.17 bits per heavy atom. The van der Waals surface area contributed by atoms with Crippen LogP contribution in [0.3, 0.4) is 0 Å². The van der Waals surface area contributed by atoms with Crippen LogP contribution in [0, 0.1) is 19.3 Å². The van der Waals surface area contributed by atoms with Gasteiger partial charge in [0.2, 0.25) is 0 Å². The zero-order valence-electron chi connectivity index (χ0n) is 15.2. The van der Waals surface area contributed by atoms with Gasteiger partial charge in [-0.2, -0.15) is 0 Å². The van der Waals surface area contributed by atoms with Gasteiger partial charge < -0.3 is 15.5 Å². The quantitative estimate of drug-likeness (QED) is 0.919. The van der Waals surface area contributed by atoms with Crippen molar-refractivity contribution in [1.82, 2.24) is 4.90 Å². The molecule has 1 atom stereocenters. The second-order valence-electron chi connectivity index (χ2n) is 7.37. The Labute approximate surface area is 146 Å². The van der Waals surface area contributed by atoms with Crippen LogP contribution in [0.1, 0.15) is 24.5 Å². The number of aryl methyl sites for hydroxylation is 2. The molecule has 1 fully saturated rings. The summed E-state index contributed by atoms with van der Waals surface area (Å²) in [7, 11) is 0. The van der Waals surface area contributed by atoms with Crippen LogP contribution in [0.2, 0.25) is 0 Å². The molecule has 2 aliphatic rings. The third-order valence-electron chi connectivity index (χ3n) is 5.42. The Morgan fingerprint density at radius 2 is 1.88 bits per heavy atom. The average molecular weight is 323 g/mol. The molecule has 0 spiro atoms. The zero-order valence-corrected chi connectivity index (χ0v) is 15.2. The zero-order chi connectivity index (χ0) is 17.3. The number of nitrogens with zero attached hydrogens (tertiary/aromatic N) is 2. The van der Waals surface area contributed by atoms with Gasteiger partial charge in [0, 0.05) is 48.7 Å².